The molecule has 4 aromatic rings. The summed E-state index contributed by atoms with van der Waals surface area (Å²) in [6.07, 6.45) is 0. The number of aromatic hydroxyl groups is 1. The highest BCUT2D eigenvalue weighted by atomic mass is 19.1. The van der Waals surface area contributed by atoms with Gasteiger partial charge in [0.25, 0.3) is 0 Å². The van der Waals surface area contributed by atoms with Crippen molar-refractivity contribution in [1.82, 2.24) is 4.98 Å². The molecule has 0 fully saturated rings. The van der Waals surface area contributed by atoms with E-state index in [-0.39, 0.29) is 18.1 Å². The molecule has 1 heterocycles. The number of esters is 1. The summed E-state index contributed by atoms with van der Waals surface area (Å²) in [5.41, 5.74) is 1.56. The van der Waals surface area contributed by atoms with E-state index in [0.29, 0.717) is 33.4 Å². The lowest BCUT2D eigenvalue weighted by Gasteiger charge is -2.32. The van der Waals surface area contributed by atoms with Gasteiger partial charge in [-0.15, -0.1) is 0 Å². The molecular formula is C33H36FNO5. The minimum atomic E-state index is -1.21. The molecule has 1 N–H and O–H groups in total. The van der Waals surface area contributed by atoms with E-state index < -0.39 is 40.1 Å². The minimum Gasteiger partial charge on any atom is -0.507 e. The zero-order chi connectivity index (χ0) is 29.4. The fourth-order valence-corrected chi connectivity index (χ4v) is 5.02. The van der Waals surface area contributed by atoms with Gasteiger partial charge in [0.2, 0.25) is 0 Å². The van der Waals surface area contributed by atoms with Gasteiger partial charge >= 0.3 is 11.6 Å². The Morgan fingerprint density at radius 1 is 0.950 bits per heavy atom. The number of carbonyl (C=O) groups is 1. The molecule has 40 heavy (non-hydrogen) atoms. The van der Waals surface area contributed by atoms with Gasteiger partial charge in [0.1, 0.15) is 28.7 Å². The maximum Gasteiger partial charge on any atom is 0.359 e. The Labute approximate surface area is 233 Å². The number of phenols is 1. The number of rotatable bonds is 6. The molecule has 0 spiro atoms. The Balaban J connectivity index is 2.11. The summed E-state index contributed by atoms with van der Waals surface area (Å²) in [5.74, 6) is -2.93. The topological polar surface area (TPSA) is 89.6 Å². The minimum absolute atomic E-state index is 0.0838. The summed E-state index contributed by atoms with van der Waals surface area (Å²) >= 11 is 0. The standard InChI is InChI=1S/C33H36FNO5/c1-8-39-30(37)27(28-31(38)40-25-12-10-9-11-24(25)35-28)26(19-13-15-21(34)16-14-19)20-17-22(32(2,3)4)29(36)23(18-20)33(5,6)7/h9-18,26-27,36H,8H2,1-7H3. The first-order chi connectivity index (χ1) is 18.7. The number of carbonyl (C=O) groups excluding carboxylic acids is 1. The molecule has 0 radical (unpaired) electrons. The zero-order valence-electron chi connectivity index (χ0n) is 24.0. The molecule has 0 saturated heterocycles. The highest BCUT2D eigenvalue weighted by Crippen LogP contribution is 2.45. The van der Waals surface area contributed by atoms with E-state index in [1.165, 1.54) is 12.1 Å². The molecule has 7 heteroatoms. The first kappa shape index (κ1) is 29.0. The lowest BCUT2D eigenvalue weighted by molar-refractivity contribution is -0.145. The average molecular weight is 546 g/mol. The fraction of sp³-hybridized carbons (Fsp3) is 0.364. The van der Waals surface area contributed by atoms with Gasteiger partial charge in [-0.05, 0) is 64.3 Å². The molecule has 0 aliphatic heterocycles. The van der Waals surface area contributed by atoms with Crippen molar-refractivity contribution in [3.63, 3.8) is 0 Å². The van der Waals surface area contributed by atoms with Gasteiger partial charge in [-0.1, -0.05) is 77.9 Å². The van der Waals surface area contributed by atoms with Crippen molar-refractivity contribution >= 4 is 17.1 Å². The lowest BCUT2D eigenvalue weighted by atomic mass is 9.73. The second-order valence-corrected chi connectivity index (χ2v) is 12.1. The quantitative estimate of drug-likeness (QED) is 0.260. The van der Waals surface area contributed by atoms with Gasteiger partial charge < -0.3 is 14.3 Å². The van der Waals surface area contributed by atoms with Crippen LogP contribution in [0, 0.1) is 5.82 Å². The second-order valence-electron chi connectivity index (χ2n) is 12.1. The first-order valence-electron chi connectivity index (χ1n) is 13.4. The Hall–Kier alpha value is -4.00. The van der Waals surface area contributed by atoms with Crippen molar-refractivity contribution in [1.29, 1.82) is 0 Å². The Morgan fingerprint density at radius 3 is 2.08 bits per heavy atom. The predicted molar refractivity (Wildman–Crippen MR) is 153 cm³/mol. The van der Waals surface area contributed by atoms with Crippen molar-refractivity contribution in [2.24, 2.45) is 0 Å². The Bertz CT molecular complexity index is 1560. The van der Waals surface area contributed by atoms with Gasteiger partial charge in [-0.3, -0.25) is 4.79 Å². The summed E-state index contributed by atoms with van der Waals surface area (Å²) in [5, 5.41) is 11.4. The van der Waals surface area contributed by atoms with E-state index in [1.54, 1.807) is 43.3 Å². The van der Waals surface area contributed by atoms with Crippen molar-refractivity contribution in [2.75, 3.05) is 6.61 Å². The molecule has 0 aliphatic carbocycles. The number of halogens is 1. The number of benzene rings is 3. The zero-order valence-corrected chi connectivity index (χ0v) is 24.0. The smallest absolute Gasteiger partial charge is 0.359 e. The summed E-state index contributed by atoms with van der Waals surface area (Å²) < 4.78 is 25.2. The van der Waals surface area contributed by atoms with Crippen LogP contribution in [-0.2, 0) is 20.4 Å². The van der Waals surface area contributed by atoms with E-state index in [0.717, 1.165) is 0 Å². The largest absolute Gasteiger partial charge is 0.507 e. The number of hydrogen-bond donors (Lipinski definition) is 1. The number of nitrogens with zero attached hydrogens (tertiary/aromatic N) is 1. The van der Waals surface area contributed by atoms with Crippen molar-refractivity contribution in [2.45, 2.75) is 71.1 Å². The van der Waals surface area contributed by atoms with Crippen molar-refractivity contribution < 1.29 is 23.4 Å². The van der Waals surface area contributed by atoms with Crippen LogP contribution in [0.3, 0.4) is 0 Å². The molecule has 6 nitrogen and oxygen atoms in total. The first-order valence-corrected chi connectivity index (χ1v) is 13.4. The Morgan fingerprint density at radius 2 is 1.52 bits per heavy atom. The summed E-state index contributed by atoms with van der Waals surface area (Å²) in [6, 6.07) is 16.4. The third-order valence-electron chi connectivity index (χ3n) is 7.02. The van der Waals surface area contributed by atoms with Crippen LogP contribution in [-0.4, -0.2) is 22.7 Å². The van der Waals surface area contributed by atoms with Crippen LogP contribution < -0.4 is 5.63 Å². The van der Waals surface area contributed by atoms with Crippen molar-refractivity contribution in [3.8, 4) is 5.75 Å². The van der Waals surface area contributed by atoms with Crippen LogP contribution in [0.4, 0.5) is 4.39 Å². The summed E-state index contributed by atoms with van der Waals surface area (Å²) in [4.78, 5) is 31.7. The van der Waals surface area contributed by atoms with Gasteiger partial charge in [-0.2, -0.15) is 0 Å². The molecule has 1 aromatic heterocycles. The molecule has 3 aromatic carbocycles. The molecule has 4 rings (SSSR count). The lowest BCUT2D eigenvalue weighted by Crippen LogP contribution is -2.30. The third-order valence-corrected chi connectivity index (χ3v) is 7.02. The van der Waals surface area contributed by atoms with Crippen molar-refractivity contribution in [3.05, 3.63) is 105 Å². The van der Waals surface area contributed by atoms with E-state index in [9.17, 15) is 19.1 Å². The van der Waals surface area contributed by atoms with Gasteiger partial charge in [0, 0.05) is 5.92 Å². The van der Waals surface area contributed by atoms with E-state index in [2.05, 4.69) is 4.98 Å². The number of ether oxygens (including phenoxy) is 1. The third kappa shape index (κ3) is 5.79. The molecule has 210 valence electrons. The number of aromatic nitrogens is 1. The second kappa shape index (κ2) is 10.9. The molecule has 0 saturated carbocycles. The highest BCUT2D eigenvalue weighted by molar-refractivity contribution is 5.81. The van der Waals surface area contributed by atoms with Crippen LogP contribution in [0.15, 0.2) is 69.9 Å². The molecular weight excluding hydrogens is 509 g/mol. The van der Waals surface area contributed by atoms with Crippen LogP contribution >= 0.6 is 0 Å². The van der Waals surface area contributed by atoms with E-state index in [4.69, 9.17) is 9.15 Å². The fourth-order valence-electron chi connectivity index (χ4n) is 5.02. The number of para-hydroxylation sites is 2. The number of hydrogen-bond acceptors (Lipinski definition) is 6. The monoisotopic (exact) mass is 545 g/mol. The van der Waals surface area contributed by atoms with E-state index >= 15 is 0 Å². The predicted octanol–water partition coefficient (Wildman–Crippen LogP) is 7.11. The molecule has 0 amide bonds. The molecule has 2 unspecified atom stereocenters. The number of fused-ring (bicyclic) bond motifs is 1. The van der Waals surface area contributed by atoms with Crippen LogP contribution in [0.5, 0.6) is 5.75 Å². The summed E-state index contributed by atoms with van der Waals surface area (Å²) in [6.45, 7) is 13.7. The molecule has 0 bridgehead atoms. The molecule has 2 atom stereocenters. The maximum atomic E-state index is 14.1. The average Bonchev–Trinajstić information content (AvgIpc) is 2.87. The maximum absolute atomic E-state index is 14.1. The Kier molecular flexibility index (Phi) is 7.88. The van der Waals surface area contributed by atoms with Crippen LogP contribution in [0.2, 0.25) is 0 Å². The highest BCUT2D eigenvalue weighted by Gasteiger charge is 2.39. The molecule has 0 aliphatic rings. The SMILES string of the molecule is CCOC(=O)C(c1nc2ccccc2oc1=O)C(c1ccc(F)cc1)c1cc(C(C)(C)C)c(O)c(C(C)(C)C)c1. The number of phenolic OH excluding ortho intramolecular Hbond substituents is 1. The van der Waals surface area contributed by atoms with Gasteiger partial charge in [0.15, 0.2) is 5.58 Å². The van der Waals surface area contributed by atoms with Gasteiger partial charge in [-0.25, -0.2) is 14.2 Å². The summed E-state index contributed by atoms with van der Waals surface area (Å²) in [7, 11) is 0. The van der Waals surface area contributed by atoms with Crippen LogP contribution in [0.25, 0.3) is 11.1 Å². The van der Waals surface area contributed by atoms with Gasteiger partial charge in [0.05, 0.1) is 6.61 Å². The normalized spacial score (nSPS) is 13.7. The van der Waals surface area contributed by atoms with Crippen LogP contribution in [0.1, 0.15) is 88.2 Å². The van der Waals surface area contributed by atoms with E-state index in [1.807, 2.05) is 53.7 Å².